The van der Waals surface area contributed by atoms with Gasteiger partial charge in [0.1, 0.15) is 0 Å². The van der Waals surface area contributed by atoms with Gasteiger partial charge in [0.25, 0.3) is 0 Å². The summed E-state index contributed by atoms with van der Waals surface area (Å²) >= 11 is 0. The molecule has 0 aliphatic heterocycles. The fourth-order valence-electron chi connectivity index (χ4n) is 2.92. The van der Waals surface area contributed by atoms with Crippen molar-refractivity contribution in [2.45, 2.75) is 53.1 Å². The Kier molecular flexibility index (Phi) is 5.18. The maximum absolute atomic E-state index is 4.88. The Balaban J connectivity index is 2.44. The SMILES string of the molecule is CCc1nn(Cc2ccccc2C)c(CC)c1C(C)NC. The number of nitrogens with zero attached hydrogens (tertiary/aromatic N) is 2. The largest absolute Gasteiger partial charge is 0.313 e. The van der Waals surface area contributed by atoms with Crippen LogP contribution in [0.2, 0.25) is 0 Å². The van der Waals surface area contributed by atoms with Crippen LogP contribution in [-0.2, 0) is 19.4 Å². The quantitative estimate of drug-likeness (QED) is 0.878. The lowest BCUT2D eigenvalue weighted by molar-refractivity contribution is 0.619. The van der Waals surface area contributed by atoms with Gasteiger partial charge >= 0.3 is 0 Å². The highest BCUT2D eigenvalue weighted by Crippen LogP contribution is 2.24. The average Bonchev–Trinajstić information content (AvgIpc) is 2.86. The van der Waals surface area contributed by atoms with E-state index in [1.807, 2.05) is 7.05 Å². The lowest BCUT2D eigenvalue weighted by atomic mass is 10.0. The Morgan fingerprint density at radius 3 is 2.48 bits per heavy atom. The molecule has 0 aliphatic carbocycles. The van der Waals surface area contributed by atoms with Gasteiger partial charge in [-0.25, -0.2) is 0 Å². The summed E-state index contributed by atoms with van der Waals surface area (Å²) < 4.78 is 2.20. The normalized spacial score (nSPS) is 12.6. The first-order valence-electron chi connectivity index (χ1n) is 7.92. The second kappa shape index (κ2) is 6.90. The van der Waals surface area contributed by atoms with Crippen molar-refractivity contribution in [1.82, 2.24) is 15.1 Å². The van der Waals surface area contributed by atoms with Crippen LogP contribution in [0.15, 0.2) is 24.3 Å². The first kappa shape index (κ1) is 15.8. The van der Waals surface area contributed by atoms with Gasteiger partial charge in [0.05, 0.1) is 12.2 Å². The molecule has 2 aromatic rings. The number of aromatic nitrogens is 2. The molecule has 1 aromatic carbocycles. The van der Waals surface area contributed by atoms with Gasteiger partial charge in [0, 0.05) is 17.3 Å². The van der Waals surface area contributed by atoms with E-state index in [1.165, 1.54) is 28.1 Å². The van der Waals surface area contributed by atoms with Crippen molar-refractivity contribution in [2.24, 2.45) is 0 Å². The van der Waals surface area contributed by atoms with Gasteiger partial charge < -0.3 is 5.32 Å². The van der Waals surface area contributed by atoms with E-state index in [0.717, 1.165) is 19.4 Å². The highest BCUT2D eigenvalue weighted by atomic mass is 15.3. The lowest BCUT2D eigenvalue weighted by Crippen LogP contribution is -2.16. The number of aryl methyl sites for hydroxylation is 2. The van der Waals surface area contributed by atoms with Gasteiger partial charge in [-0.15, -0.1) is 0 Å². The maximum Gasteiger partial charge on any atom is 0.0672 e. The molecule has 0 saturated heterocycles. The fourth-order valence-corrected chi connectivity index (χ4v) is 2.92. The first-order chi connectivity index (χ1) is 10.1. The number of rotatable bonds is 6. The second-order valence-electron chi connectivity index (χ2n) is 5.61. The molecule has 0 spiro atoms. The Morgan fingerprint density at radius 2 is 1.90 bits per heavy atom. The smallest absolute Gasteiger partial charge is 0.0672 e. The molecule has 1 unspecified atom stereocenters. The van der Waals surface area contributed by atoms with Gasteiger partial charge in [-0.1, -0.05) is 38.1 Å². The molecule has 1 atom stereocenters. The molecule has 0 aliphatic rings. The molecular formula is C18H27N3. The Hall–Kier alpha value is -1.61. The van der Waals surface area contributed by atoms with Crippen LogP contribution in [0.3, 0.4) is 0 Å². The van der Waals surface area contributed by atoms with E-state index in [4.69, 9.17) is 5.10 Å². The van der Waals surface area contributed by atoms with Crippen LogP contribution in [0.1, 0.15) is 54.9 Å². The van der Waals surface area contributed by atoms with Crippen molar-refractivity contribution in [2.75, 3.05) is 7.05 Å². The highest BCUT2D eigenvalue weighted by Gasteiger charge is 2.19. The van der Waals surface area contributed by atoms with E-state index in [9.17, 15) is 0 Å². The summed E-state index contributed by atoms with van der Waals surface area (Å²) in [6.07, 6.45) is 2.00. The third-order valence-electron chi connectivity index (χ3n) is 4.29. The van der Waals surface area contributed by atoms with Gasteiger partial charge in [-0.2, -0.15) is 5.10 Å². The Bertz CT molecular complexity index is 599. The van der Waals surface area contributed by atoms with Crippen molar-refractivity contribution >= 4 is 0 Å². The average molecular weight is 285 g/mol. The van der Waals surface area contributed by atoms with Crippen molar-refractivity contribution < 1.29 is 0 Å². The number of hydrogen-bond donors (Lipinski definition) is 1. The van der Waals surface area contributed by atoms with Crippen LogP contribution >= 0.6 is 0 Å². The zero-order valence-corrected chi connectivity index (χ0v) is 13.9. The van der Waals surface area contributed by atoms with Crippen LogP contribution in [0.25, 0.3) is 0 Å². The summed E-state index contributed by atoms with van der Waals surface area (Å²) in [5, 5.41) is 8.25. The van der Waals surface area contributed by atoms with E-state index in [-0.39, 0.29) is 0 Å². The van der Waals surface area contributed by atoms with E-state index in [2.05, 4.69) is 62.0 Å². The van der Waals surface area contributed by atoms with Crippen molar-refractivity contribution in [3.63, 3.8) is 0 Å². The van der Waals surface area contributed by atoms with Crippen LogP contribution in [0, 0.1) is 6.92 Å². The minimum absolute atomic E-state index is 0.348. The monoisotopic (exact) mass is 285 g/mol. The topological polar surface area (TPSA) is 29.9 Å². The lowest BCUT2D eigenvalue weighted by Gasteiger charge is -2.14. The maximum atomic E-state index is 4.88. The first-order valence-corrected chi connectivity index (χ1v) is 7.92. The molecule has 1 heterocycles. The van der Waals surface area contributed by atoms with Gasteiger partial charge in [0.2, 0.25) is 0 Å². The number of hydrogen-bond acceptors (Lipinski definition) is 2. The molecule has 0 amide bonds. The minimum Gasteiger partial charge on any atom is -0.313 e. The zero-order valence-electron chi connectivity index (χ0n) is 13.9. The summed E-state index contributed by atoms with van der Waals surface area (Å²) in [5.74, 6) is 0. The number of nitrogens with one attached hydrogen (secondary N) is 1. The second-order valence-corrected chi connectivity index (χ2v) is 5.61. The molecule has 0 radical (unpaired) electrons. The molecule has 2 rings (SSSR count). The van der Waals surface area contributed by atoms with E-state index < -0.39 is 0 Å². The van der Waals surface area contributed by atoms with E-state index in [0.29, 0.717) is 6.04 Å². The van der Waals surface area contributed by atoms with Crippen molar-refractivity contribution in [1.29, 1.82) is 0 Å². The summed E-state index contributed by atoms with van der Waals surface area (Å²) in [6.45, 7) is 9.65. The van der Waals surface area contributed by atoms with E-state index >= 15 is 0 Å². The van der Waals surface area contributed by atoms with Gasteiger partial charge in [-0.3, -0.25) is 4.68 Å². The molecular weight excluding hydrogens is 258 g/mol. The molecule has 114 valence electrons. The Morgan fingerprint density at radius 1 is 1.19 bits per heavy atom. The molecule has 21 heavy (non-hydrogen) atoms. The van der Waals surface area contributed by atoms with Crippen molar-refractivity contribution in [3.05, 3.63) is 52.3 Å². The standard InChI is InChI=1S/C18H27N3/c1-6-16-18(14(4)19-5)17(7-2)21(20-16)12-15-11-9-8-10-13(15)3/h8-11,14,19H,6-7,12H2,1-5H3. The molecule has 0 fully saturated rings. The van der Waals surface area contributed by atoms with E-state index in [1.54, 1.807) is 0 Å². The minimum atomic E-state index is 0.348. The third-order valence-corrected chi connectivity index (χ3v) is 4.29. The predicted octanol–water partition coefficient (Wildman–Crippen LogP) is 3.65. The molecule has 1 N–H and O–H groups in total. The summed E-state index contributed by atoms with van der Waals surface area (Å²) in [5.41, 5.74) is 6.65. The van der Waals surface area contributed by atoms with Gasteiger partial charge in [0.15, 0.2) is 0 Å². The summed E-state index contributed by atoms with van der Waals surface area (Å²) in [7, 11) is 2.02. The van der Waals surface area contributed by atoms with Crippen molar-refractivity contribution in [3.8, 4) is 0 Å². The fraction of sp³-hybridized carbons (Fsp3) is 0.500. The highest BCUT2D eigenvalue weighted by molar-refractivity contribution is 5.32. The zero-order chi connectivity index (χ0) is 15.4. The Labute approximate surface area is 128 Å². The number of benzene rings is 1. The molecule has 3 heteroatoms. The molecule has 1 aromatic heterocycles. The summed E-state index contributed by atoms with van der Waals surface area (Å²) in [4.78, 5) is 0. The molecule has 0 saturated carbocycles. The summed E-state index contributed by atoms with van der Waals surface area (Å²) in [6, 6.07) is 8.91. The van der Waals surface area contributed by atoms with Gasteiger partial charge in [-0.05, 0) is 44.9 Å². The van der Waals surface area contributed by atoms with Crippen LogP contribution in [0.5, 0.6) is 0 Å². The predicted molar refractivity (Wildman–Crippen MR) is 88.7 cm³/mol. The van der Waals surface area contributed by atoms with Crippen LogP contribution in [0.4, 0.5) is 0 Å². The molecule has 0 bridgehead atoms. The third kappa shape index (κ3) is 3.18. The molecule has 3 nitrogen and oxygen atoms in total. The van der Waals surface area contributed by atoms with Crippen LogP contribution in [-0.4, -0.2) is 16.8 Å². The van der Waals surface area contributed by atoms with Crippen LogP contribution < -0.4 is 5.32 Å².